The number of hydrogen-bond acceptors (Lipinski definition) is 8. The van der Waals surface area contributed by atoms with Crippen LogP contribution >= 0.6 is 0 Å². The van der Waals surface area contributed by atoms with Gasteiger partial charge in [-0.1, -0.05) is 72.9 Å². The number of anilines is 2. The zero-order chi connectivity index (χ0) is 34.5. The number of hydrogen-bond donors (Lipinski definition) is 1. The number of nitrogens with zero attached hydrogens (tertiary/aromatic N) is 5. The van der Waals surface area contributed by atoms with E-state index in [-0.39, 0.29) is 36.0 Å². The second kappa shape index (κ2) is 12.7. The molecule has 12 heteroatoms. The number of amides is 2. The lowest BCUT2D eigenvalue weighted by atomic mass is 9.82. The number of aliphatic hydroxyl groups excluding tert-OH is 1. The first kappa shape index (κ1) is 33.0. The van der Waals surface area contributed by atoms with E-state index < -0.39 is 19.8 Å². The third kappa shape index (κ3) is 5.42. The fraction of sp³-hybridized carbons (Fsp3) is 0.405. The first-order valence-corrected chi connectivity index (χ1v) is 19.9. The Bertz CT molecular complexity index is 1850. The van der Waals surface area contributed by atoms with Crippen LogP contribution in [-0.2, 0) is 26.4 Å². The Morgan fingerprint density at radius 2 is 1.84 bits per heavy atom. The number of fused-ring (bicyclic) bond motifs is 2. The molecule has 1 aromatic heterocycles. The first-order valence-electron chi connectivity index (χ1n) is 16.8. The number of aryl methyl sites for hydroxylation is 1. The highest BCUT2D eigenvalue weighted by Crippen LogP contribution is 2.60. The first-order chi connectivity index (χ1) is 23.6. The van der Waals surface area contributed by atoms with E-state index in [9.17, 15) is 14.7 Å². The van der Waals surface area contributed by atoms with E-state index in [1.54, 1.807) is 24.0 Å². The molecule has 11 nitrogen and oxygen atoms in total. The molecule has 0 aliphatic carbocycles. The van der Waals surface area contributed by atoms with E-state index in [1.807, 2.05) is 71.5 Å². The second-order valence-corrected chi connectivity index (χ2v) is 18.5. The van der Waals surface area contributed by atoms with Gasteiger partial charge in [0.25, 0.3) is 5.91 Å². The molecule has 0 bridgehead atoms. The summed E-state index contributed by atoms with van der Waals surface area (Å²) in [6.45, 7) is 8.08. The molecule has 0 saturated carbocycles. The molecular formula is C37H43N5O6Si. The lowest BCUT2D eigenvalue weighted by molar-refractivity contribution is -0.145. The van der Waals surface area contributed by atoms with Crippen molar-refractivity contribution in [2.24, 2.45) is 5.92 Å². The Kier molecular flexibility index (Phi) is 8.58. The van der Waals surface area contributed by atoms with Crippen molar-refractivity contribution in [3.8, 4) is 5.75 Å². The van der Waals surface area contributed by atoms with Crippen LogP contribution in [0.25, 0.3) is 0 Å². The van der Waals surface area contributed by atoms with Crippen LogP contribution in [0, 0.1) is 5.92 Å². The molecule has 1 N–H and O–H groups in total. The van der Waals surface area contributed by atoms with Crippen LogP contribution in [0.4, 0.5) is 16.2 Å². The van der Waals surface area contributed by atoms with Crippen LogP contribution in [0.3, 0.4) is 0 Å². The average molecular weight is 682 g/mol. The molecule has 2 saturated heterocycles. The maximum Gasteiger partial charge on any atom is 0.414 e. The van der Waals surface area contributed by atoms with Crippen molar-refractivity contribution in [2.45, 2.75) is 56.1 Å². The number of carbonyl (C=O) groups excluding carboxylic acids is 2. The number of benzene rings is 3. The van der Waals surface area contributed by atoms with E-state index >= 15 is 0 Å². The summed E-state index contributed by atoms with van der Waals surface area (Å²) in [4.78, 5) is 30.3. The van der Waals surface area contributed by atoms with E-state index in [1.165, 1.54) is 5.19 Å². The highest BCUT2D eigenvalue weighted by molar-refractivity contribution is 6.91. The maximum atomic E-state index is 14.5. The van der Waals surface area contributed by atoms with Gasteiger partial charge in [-0.3, -0.25) is 14.4 Å². The average Bonchev–Trinajstić information content (AvgIpc) is 3.88. The Balaban J connectivity index is 1.25. The highest BCUT2D eigenvalue weighted by atomic mass is 28.3. The Labute approximate surface area is 287 Å². The Morgan fingerprint density at radius 1 is 1.08 bits per heavy atom. The van der Waals surface area contributed by atoms with Gasteiger partial charge in [0, 0.05) is 37.0 Å². The fourth-order valence-electron chi connectivity index (χ4n) is 8.37. The second-order valence-electron chi connectivity index (χ2n) is 13.8. The van der Waals surface area contributed by atoms with Crippen LogP contribution < -0.4 is 19.7 Å². The molecule has 3 aliphatic heterocycles. The number of aliphatic hydroxyl groups is 1. The van der Waals surface area contributed by atoms with Gasteiger partial charge in [0.05, 0.1) is 51.7 Å². The van der Waals surface area contributed by atoms with Crippen molar-refractivity contribution >= 4 is 36.6 Å². The van der Waals surface area contributed by atoms with Crippen LogP contribution in [0.1, 0.15) is 36.1 Å². The zero-order valence-electron chi connectivity index (χ0n) is 28.6. The predicted octanol–water partition coefficient (Wildman–Crippen LogP) is 4.65. The predicted molar refractivity (Wildman–Crippen MR) is 188 cm³/mol. The lowest BCUT2D eigenvalue weighted by Crippen LogP contribution is -2.51. The van der Waals surface area contributed by atoms with Gasteiger partial charge in [-0.25, -0.2) is 4.79 Å². The summed E-state index contributed by atoms with van der Waals surface area (Å²) < 4.78 is 19.7. The smallest absolute Gasteiger partial charge is 0.414 e. The molecule has 7 rings (SSSR count). The van der Waals surface area contributed by atoms with Crippen molar-refractivity contribution in [3.63, 3.8) is 0 Å². The molecule has 0 radical (unpaired) electrons. The minimum atomic E-state index is -2.34. The van der Waals surface area contributed by atoms with Gasteiger partial charge < -0.3 is 24.2 Å². The van der Waals surface area contributed by atoms with Gasteiger partial charge >= 0.3 is 6.09 Å². The molecule has 3 aliphatic rings. The lowest BCUT2D eigenvalue weighted by Gasteiger charge is -2.37. The van der Waals surface area contributed by atoms with Gasteiger partial charge in [-0.05, 0) is 47.9 Å². The fourth-order valence-corrected chi connectivity index (χ4v) is 12.4. The summed E-state index contributed by atoms with van der Waals surface area (Å²) >= 11 is 0. The molecule has 2 fully saturated rings. The number of carbonyl (C=O) groups is 2. The number of cyclic esters (lactones) is 1. The van der Waals surface area contributed by atoms with Gasteiger partial charge in [-0.15, -0.1) is 5.10 Å². The number of aromatic nitrogens is 3. The van der Waals surface area contributed by atoms with E-state index in [0.717, 1.165) is 22.6 Å². The third-order valence-electron chi connectivity index (χ3n) is 11.0. The summed E-state index contributed by atoms with van der Waals surface area (Å²) in [5.74, 6) is 0.243. The highest BCUT2D eigenvalue weighted by Gasteiger charge is 2.65. The molecular weight excluding hydrogens is 639 g/mol. The summed E-state index contributed by atoms with van der Waals surface area (Å²) in [5, 5.41) is 20.4. The summed E-state index contributed by atoms with van der Waals surface area (Å²) in [7, 11) is 1.12. The molecule has 256 valence electrons. The van der Waals surface area contributed by atoms with Crippen molar-refractivity contribution < 1.29 is 28.9 Å². The number of ether oxygens (including phenoxy) is 3. The largest absolute Gasteiger partial charge is 0.497 e. The normalized spacial score (nSPS) is 24.1. The minimum absolute atomic E-state index is 0.0436. The van der Waals surface area contributed by atoms with Gasteiger partial charge in [-0.2, -0.15) is 0 Å². The van der Waals surface area contributed by atoms with E-state index in [0.29, 0.717) is 37.5 Å². The summed E-state index contributed by atoms with van der Waals surface area (Å²) in [6.07, 6.45) is 1.83. The number of likely N-dealkylation sites (N-methyl/N-ethyl adjacent to an activating group) is 1. The monoisotopic (exact) mass is 681 g/mol. The van der Waals surface area contributed by atoms with Crippen LogP contribution in [0.15, 0.2) is 79.0 Å². The number of rotatable bonds is 10. The minimum Gasteiger partial charge on any atom is -0.497 e. The molecule has 4 heterocycles. The van der Waals surface area contributed by atoms with Gasteiger partial charge in [0.2, 0.25) is 0 Å². The van der Waals surface area contributed by atoms with Crippen LogP contribution in [0.5, 0.6) is 5.75 Å². The number of methoxy groups -OCH3 is 1. The molecule has 1 unspecified atom stereocenters. The Hall–Kier alpha value is -4.52. The van der Waals surface area contributed by atoms with Crippen molar-refractivity contribution in [1.29, 1.82) is 0 Å². The third-order valence-corrected chi connectivity index (χ3v) is 15.3. The molecule has 49 heavy (non-hydrogen) atoms. The standard InChI is InChI=1S/C37H43N5O6Si/c1-24-34(49(4,5)28-14-12-27(46-3)13-15-28)33(17-18-41-22-31(38-39-41)29(23-43)25-9-7-6-8-10-25)48-37(24)30-21-26(42-19-20-47-36(42)45)11-16-32(30)40(2)35(37)44/h6-16,21-22,24,29,33-34,43H,17-20,23H2,1-5H3/t24-,29?,33+,34-,37+/m0/s1. The quantitative estimate of drug-likeness (QED) is 0.241. The van der Waals surface area contributed by atoms with Crippen molar-refractivity contribution in [1.82, 2.24) is 15.0 Å². The molecule has 1 spiro atoms. The van der Waals surface area contributed by atoms with Gasteiger partial charge in [0.15, 0.2) is 5.60 Å². The molecule has 5 atom stereocenters. The summed E-state index contributed by atoms with van der Waals surface area (Å²) in [6, 6.07) is 23.8. The van der Waals surface area contributed by atoms with E-state index in [4.69, 9.17) is 14.2 Å². The van der Waals surface area contributed by atoms with Crippen molar-refractivity contribution in [3.05, 3.63) is 95.8 Å². The summed E-state index contributed by atoms with van der Waals surface area (Å²) in [5.41, 5.74) is 2.76. The van der Waals surface area contributed by atoms with Crippen LogP contribution in [0.2, 0.25) is 18.6 Å². The zero-order valence-corrected chi connectivity index (χ0v) is 29.6. The Morgan fingerprint density at radius 3 is 2.51 bits per heavy atom. The van der Waals surface area contributed by atoms with E-state index in [2.05, 4.69) is 42.5 Å². The SMILES string of the molecule is COc1ccc([Si](C)(C)[C@@H]2[C@@H](CCn3cc(C(CO)c4ccccc4)nn3)O[C@]3(C(=O)N(C)c4ccc(N5CCOC5=O)cc43)[C@H]2C)cc1. The van der Waals surface area contributed by atoms with Crippen LogP contribution in [-0.4, -0.2) is 80.2 Å². The maximum absolute atomic E-state index is 14.5. The molecule has 3 aromatic carbocycles. The van der Waals surface area contributed by atoms with Crippen molar-refractivity contribution in [2.75, 3.05) is 43.7 Å². The topological polar surface area (TPSA) is 119 Å². The van der Waals surface area contributed by atoms with Gasteiger partial charge in [0.1, 0.15) is 12.4 Å². The molecule has 4 aromatic rings. The molecule has 2 amide bonds.